The zero-order valence-electron chi connectivity index (χ0n) is 9.76. The van der Waals surface area contributed by atoms with Crippen LogP contribution in [0.25, 0.3) is 22.6 Å². The molecule has 90 valence electrons. The molecule has 0 aliphatic carbocycles. The number of aromatic nitrogens is 3. The third-order valence-electron chi connectivity index (χ3n) is 2.88. The number of aryl methyl sites for hydroxylation is 1. The van der Waals surface area contributed by atoms with Crippen LogP contribution in [0.2, 0.25) is 5.02 Å². The highest BCUT2D eigenvalue weighted by atomic mass is 35.5. The molecule has 3 aromatic rings. The molecule has 0 amide bonds. The summed E-state index contributed by atoms with van der Waals surface area (Å²) in [5.74, 6) is 0.826. The minimum absolute atomic E-state index is 0.550. The highest BCUT2D eigenvalue weighted by Gasteiger charge is 2.11. The van der Waals surface area contributed by atoms with Crippen molar-refractivity contribution in [3.8, 4) is 11.4 Å². The van der Waals surface area contributed by atoms with E-state index in [2.05, 4.69) is 9.97 Å². The molecule has 2 N–H and O–H groups in total. The van der Waals surface area contributed by atoms with Crippen molar-refractivity contribution in [1.82, 2.24) is 14.5 Å². The van der Waals surface area contributed by atoms with Crippen molar-refractivity contribution in [2.45, 2.75) is 0 Å². The van der Waals surface area contributed by atoms with Crippen molar-refractivity contribution in [1.29, 1.82) is 0 Å². The molecule has 0 aliphatic heterocycles. The van der Waals surface area contributed by atoms with Crippen LogP contribution in [-0.4, -0.2) is 14.5 Å². The van der Waals surface area contributed by atoms with Gasteiger partial charge in [0.05, 0.1) is 10.7 Å². The molecule has 1 aromatic carbocycles. The van der Waals surface area contributed by atoms with E-state index in [0.717, 1.165) is 22.6 Å². The number of anilines is 1. The van der Waals surface area contributed by atoms with Gasteiger partial charge in [0.2, 0.25) is 0 Å². The molecular weight excluding hydrogens is 248 g/mol. The van der Waals surface area contributed by atoms with E-state index in [1.165, 1.54) is 0 Å². The molecule has 2 aromatic heterocycles. The smallest absolute Gasteiger partial charge is 0.159 e. The molecule has 0 saturated carbocycles. The highest BCUT2D eigenvalue weighted by molar-refractivity contribution is 6.33. The number of rotatable bonds is 1. The number of hydrogen-bond acceptors (Lipinski definition) is 3. The second-order valence-electron chi connectivity index (χ2n) is 4.08. The summed E-state index contributed by atoms with van der Waals surface area (Å²) in [7, 11) is 1.93. The van der Waals surface area contributed by atoms with E-state index in [-0.39, 0.29) is 0 Å². The molecule has 0 fully saturated rings. The number of hydrogen-bond donors (Lipinski definition) is 1. The Hall–Kier alpha value is -2.07. The van der Waals surface area contributed by atoms with Gasteiger partial charge in [-0.3, -0.25) is 0 Å². The molecule has 0 saturated heterocycles. The Morgan fingerprint density at radius 2 is 2.11 bits per heavy atom. The first-order valence-corrected chi connectivity index (χ1v) is 5.87. The minimum Gasteiger partial charge on any atom is -0.398 e. The third kappa shape index (κ3) is 1.62. The SMILES string of the molecule is Cn1c(-c2ccc(Cl)c(N)c2)nc2cccnc21. The normalized spacial score (nSPS) is 11.0. The lowest BCUT2D eigenvalue weighted by atomic mass is 10.2. The quantitative estimate of drug-likeness (QED) is 0.683. The van der Waals surface area contributed by atoms with E-state index in [0.29, 0.717) is 10.7 Å². The van der Waals surface area contributed by atoms with E-state index in [1.54, 1.807) is 12.3 Å². The van der Waals surface area contributed by atoms with Crippen LogP contribution in [-0.2, 0) is 7.05 Å². The fourth-order valence-corrected chi connectivity index (χ4v) is 2.08. The Labute approximate surface area is 109 Å². The second-order valence-corrected chi connectivity index (χ2v) is 4.48. The molecule has 0 radical (unpaired) electrons. The zero-order valence-corrected chi connectivity index (χ0v) is 10.5. The summed E-state index contributed by atoms with van der Waals surface area (Å²) in [6.07, 6.45) is 1.75. The zero-order chi connectivity index (χ0) is 12.7. The third-order valence-corrected chi connectivity index (χ3v) is 3.23. The standard InChI is InChI=1S/C13H11ClN4/c1-18-12(8-4-5-9(14)10(15)7-8)17-11-3-2-6-16-13(11)18/h2-7H,15H2,1H3. The molecule has 0 unspecified atom stereocenters. The fourth-order valence-electron chi connectivity index (χ4n) is 1.96. The molecular formula is C13H11ClN4. The van der Waals surface area contributed by atoms with E-state index in [1.807, 2.05) is 35.9 Å². The van der Waals surface area contributed by atoms with Crippen LogP contribution in [0.3, 0.4) is 0 Å². The van der Waals surface area contributed by atoms with Gasteiger partial charge in [0.25, 0.3) is 0 Å². The predicted molar refractivity (Wildman–Crippen MR) is 73.4 cm³/mol. The van der Waals surface area contributed by atoms with E-state index < -0.39 is 0 Å². The molecule has 2 heterocycles. The van der Waals surface area contributed by atoms with Gasteiger partial charge in [0.1, 0.15) is 11.3 Å². The molecule has 4 nitrogen and oxygen atoms in total. The Balaban J connectivity index is 2.25. The summed E-state index contributed by atoms with van der Waals surface area (Å²) in [5.41, 5.74) is 9.01. The van der Waals surface area contributed by atoms with Crippen LogP contribution in [0.5, 0.6) is 0 Å². The summed E-state index contributed by atoms with van der Waals surface area (Å²) in [4.78, 5) is 8.87. The average Bonchev–Trinajstić information content (AvgIpc) is 2.71. The van der Waals surface area contributed by atoms with Gasteiger partial charge in [-0.1, -0.05) is 11.6 Å². The first kappa shape index (κ1) is 11.0. The van der Waals surface area contributed by atoms with Gasteiger partial charge in [-0.2, -0.15) is 0 Å². The lowest BCUT2D eigenvalue weighted by Gasteiger charge is -2.04. The molecule has 5 heteroatoms. The number of nitrogen functional groups attached to an aromatic ring is 1. The van der Waals surface area contributed by atoms with Crippen LogP contribution < -0.4 is 5.73 Å². The monoisotopic (exact) mass is 258 g/mol. The van der Waals surface area contributed by atoms with Gasteiger partial charge >= 0.3 is 0 Å². The number of nitrogens with zero attached hydrogens (tertiary/aromatic N) is 3. The van der Waals surface area contributed by atoms with Crippen molar-refractivity contribution >= 4 is 28.5 Å². The van der Waals surface area contributed by atoms with E-state index in [9.17, 15) is 0 Å². The lowest BCUT2D eigenvalue weighted by Crippen LogP contribution is -1.95. The Morgan fingerprint density at radius 1 is 1.28 bits per heavy atom. The largest absolute Gasteiger partial charge is 0.398 e. The maximum atomic E-state index is 5.92. The van der Waals surface area contributed by atoms with Crippen molar-refractivity contribution in [2.24, 2.45) is 7.05 Å². The van der Waals surface area contributed by atoms with Crippen molar-refractivity contribution in [3.05, 3.63) is 41.6 Å². The number of imidazole rings is 1. The predicted octanol–water partition coefficient (Wildman–Crippen LogP) is 2.87. The second kappa shape index (κ2) is 3.99. The maximum absolute atomic E-state index is 5.92. The molecule has 0 bridgehead atoms. The van der Waals surface area contributed by atoms with E-state index >= 15 is 0 Å². The summed E-state index contributed by atoms with van der Waals surface area (Å²) in [5, 5.41) is 0.552. The summed E-state index contributed by atoms with van der Waals surface area (Å²) >= 11 is 5.92. The van der Waals surface area contributed by atoms with Crippen LogP contribution in [0, 0.1) is 0 Å². The van der Waals surface area contributed by atoms with Gasteiger partial charge in [0.15, 0.2) is 5.65 Å². The topological polar surface area (TPSA) is 56.7 Å². The summed E-state index contributed by atoms with van der Waals surface area (Å²) in [6.45, 7) is 0. The summed E-state index contributed by atoms with van der Waals surface area (Å²) in [6, 6.07) is 9.31. The minimum atomic E-state index is 0.550. The molecule has 18 heavy (non-hydrogen) atoms. The first-order chi connectivity index (χ1) is 8.66. The van der Waals surface area contributed by atoms with Crippen LogP contribution in [0.15, 0.2) is 36.5 Å². The van der Waals surface area contributed by atoms with Crippen LogP contribution in [0.1, 0.15) is 0 Å². The molecule has 0 spiro atoms. The van der Waals surface area contributed by atoms with Gasteiger partial charge in [-0.15, -0.1) is 0 Å². The summed E-state index contributed by atoms with van der Waals surface area (Å²) < 4.78 is 1.94. The van der Waals surface area contributed by atoms with E-state index in [4.69, 9.17) is 17.3 Å². The van der Waals surface area contributed by atoms with Crippen LogP contribution >= 0.6 is 11.6 Å². The van der Waals surface area contributed by atoms with Gasteiger partial charge in [-0.05, 0) is 30.3 Å². The Bertz CT molecular complexity index is 733. The number of nitrogens with two attached hydrogens (primary N) is 1. The number of fused-ring (bicyclic) bond motifs is 1. The molecule has 0 aliphatic rings. The lowest BCUT2D eigenvalue weighted by molar-refractivity contribution is 0.942. The van der Waals surface area contributed by atoms with Crippen LogP contribution in [0.4, 0.5) is 5.69 Å². The number of benzene rings is 1. The number of pyridine rings is 1. The Morgan fingerprint density at radius 3 is 2.83 bits per heavy atom. The van der Waals surface area contributed by atoms with Gasteiger partial charge < -0.3 is 10.3 Å². The molecule has 3 rings (SSSR count). The van der Waals surface area contributed by atoms with Crippen molar-refractivity contribution < 1.29 is 0 Å². The maximum Gasteiger partial charge on any atom is 0.159 e. The Kier molecular flexibility index (Phi) is 2.45. The number of halogens is 1. The van der Waals surface area contributed by atoms with Crippen molar-refractivity contribution in [3.63, 3.8) is 0 Å². The van der Waals surface area contributed by atoms with Gasteiger partial charge in [0, 0.05) is 18.8 Å². The first-order valence-electron chi connectivity index (χ1n) is 5.49. The fraction of sp³-hybridized carbons (Fsp3) is 0.0769. The highest BCUT2D eigenvalue weighted by Crippen LogP contribution is 2.27. The van der Waals surface area contributed by atoms with Gasteiger partial charge in [-0.25, -0.2) is 9.97 Å². The van der Waals surface area contributed by atoms with Crippen molar-refractivity contribution in [2.75, 3.05) is 5.73 Å². The molecule has 0 atom stereocenters. The average molecular weight is 259 g/mol.